The van der Waals surface area contributed by atoms with E-state index in [4.69, 9.17) is 15.2 Å². The molecule has 2 fully saturated rings. The summed E-state index contributed by atoms with van der Waals surface area (Å²) in [5.74, 6) is -0.434. The molecule has 1 amide bonds. The summed E-state index contributed by atoms with van der Waals surface area (Å²) in [5.41, 5.74) is 5.36. The summed E-state index contributed by atoms with van der Waals surface area (Å²) in [6.07, 6.45) is 0.909. The second-order valence-corrected chi connectivity index (χ2v) is 8.42. The molecule has 1 aromatic rings. The lowest BCUT2D eigenvalue weighted by Crippen LogP contribution is -2.62. The molecule has 1 aromatic heterocycles. The van der Waals surface area contributed by atoms with Crippen molar-refractivity contribution in [1.82, 2.24) is 4.72 Å². The lowest BCUT2D eigenvalue weighted by Gasteiger charge is -2.47. The second kappa shape index (κ2) is 5.89. The minimum atomic E-state index is -3.67. The molecule has 1 aliphatic heterocycles. The maximum Gasteiger partial charge on any atom is 0.250 e. The number of sulfonamides is 1. The summed E-state index contributed by atoms with van der Waals surface area (Å²) in [4.78, 5) is 11.1. The van der Waals surface area contributed by atoms with Gasteiger partial charge in [0.15, 0.2) is 0 Å². The van der Waals surface area contributed by atoms with Crippen LogP contribution in [0.2, 0.25) is 0 Å². The van der Waals surface area contributed by atoms with Crippen molar-refractivity contribution in [2.24, 2.45) is 17.6 Å². The summed E-state index contributed by atoms with van der Waals surface area (Å²) in [6, 6.07) is 1.11. The number of amides is 1. The van der Waals surface area contributed by atoms with Gasteiger partial charge in [0.05, 0.1) is 18.3 Å². The highest BCUT2D eigenvalue weighted by Crippen LogP contribution is 2.44. The minimum absolute atomic E-state index is 0.0165. The highest BCUT2D eigenvalue weighted by atomic mass is 32.2. The standard InChI is InChI=1S/C13H18N2O5S2/c1-19-5-9-11(8-2-3-20-12(8)9)15-22(17,18)10-4-7(6-21-10)13(14)16/h4,6,8-9,11-12,15H,2-3,5H2,1H3,(H2,14,16). The molecule has 4 atom stereocenters. The summed E-state index contributed by atoms with van der Waals surface area (Å²) < 4.78 is 38.6. The first-order chi connectivity index (χ1) is 10.4. The van der Waals surface area contributed by atoms with Crippen LogP contribution in [0.4, 0.5) is 0 Å². The van der Waals surface area contributed by atoms with Crippen molar-refractivity contribution in [2.45, 2.75) is 22.8 Å². The maximum absolute atomic E-state index is 12.5. The van der Waals surface area contributed by atoms with Crippen molar-refractivity contribution < 1.29 is 22.7 Å². The number of hydrogen-bond acceptors (Lipinski definition) is 6. The number of nitrogens with two attached hydrogens (primary N) is 1. The predicted molar refractivity (Wildman–Crippen MR) is 80.2 cm³/mol. The molecule has 0 radical (unpaired) electrons. The molecule has 0 bridgehead atoms. The Morgan fingerprint density at radius 2 is 2.36 bits per heavy atom. The third kappa shape index (κ3) is 2.67. The van der Waals surface area contributed by atoms with E-state index in [-0.39, 0.29) is 33.8 Å². The first-order valence-electron chi connectivity index (χ1n) is 6.95. The summed E-state index contributed by atoms with van der Waals surface area (Å²) in [6.45, 7) is 1.10. The molecular weight excluding hydrogens is 328 g/mol. The van der Waals surface area contributed by atoms with E-state index in [2.05, 4.69) is 4.72 Å². The van der Waals surface area contributed by atoms with E-state index in [0.717, 1.165) is 17.8 Å². The normalized spacial score (nSPS) is 30.8. The van der Waals surface area contributed by atoms with Gasteiger partial charge in [-0.3, -0.25) is 4.79 Å². The van der Waals surface area contributed by atoms with E-state index in [1.54, 1.807) is 7.11 Å². The highest BCUT2D eigenvalue weighted by Gasteiger charge is 2.55. The number of methoxy groups -OCH3 is 1. The third-order valence-corrected chi connectivity index (χ3v) is 7.20. The molecule has 7 nitrogen and oxygen atoms in total. The Morgan fingerprint density at radius 1 is 1.59 bits per heavy atom. The monoisotopic (exact) mass is 346 g/mol. The van der Waals surface area contributed by atoms with Crippen molar-refractivity contribution in [3.63, 3.8) is 0 Å². The third-order valence-electron chi connectivity index (χ3n) is 4.30. The van der Waals surface area contributed by atoms with Crippen LogP contribution in [0.15, 0.2) is 15.7 Å². The molecule has 0 aromatic carbocycles. The molecule has 1 saturated heterocycles. The van der Waals surface area contributed by atoms with Crippen LogP contribution in [0, 0.1) is 11.8 Å². The predicted octanol–water partition coefficient (Wildman–Crippen LogP) is 0.175. The molecule has 122 valence electrons. The number of primary amides is 1. The van der Waals surface area contributed by atoms with E-state index in [1.165, 1.54) is 11.4 Å². The summed E-state index contributed by atoms with van der Waals surface area (Å²) >= 11 is 0.987. The van der Waals surface area contributed by atoms with E-state index in [0.29, 0.717) is 13.2 Å². The van der Waals surface area contributed by atoms with E-state index < -0.39 is 15.9 Å². The molecular formula is C13H18N2O5S2. The number of thiophene rings is 1. The van der Waals surface area contributed by atoms with Crippen molar-refractivity contribution in [2.75, 3.05) is 20.3 Å². The van der Waals surface area contributed by atoms with Gasteiger partial charge in [0.2, 0.25) is 15.9 Å². The van der Waals surface area contributed by atoms with Crippen molar-refractivity contribution >= 4 is 27.3 Å². The molecule has 3 rings (SSSR count). The average molecular weight is 346 g/mol. The molecule has 2 heterocycles. The molecule has 22 heavy (non-hydrogen) atoms. The summed E-state index contributed by atoms with van der Waals surface area (Å²) in [7, 11) is -2.08. The summed E-state index contributed by atoms with van der Waals surface area (Å²) in [5, 5.41) is 1.45. The lowest BCUT2D eigenvalue weighted by atomic mass is 9.68. The zero-order valence-corrected chi connectivity index (χ0v) is 13.7. The zero-order valence-electron chi connectivity index (χ0n) is 12.0. The molecule has 1 saturated carbocycles. The van der Waals surface area contributed by atoms with Gasteiger partial charge in [0.25, 0.3) is 0 Å². The van der Waals surface area contributed by atoms with E-state index >= 15 is 0 Å². The van der Waals surface area contributed by atoms with Gasteiger partial charge >= 0.3 is 0 Å². The van der Waals surface area contributed by atoms with Crippen LogP contribution in [0.5, 0.6) is 0 Å². The molecule has 0 spiro atoms. The number of fused-ring (bicyclic) bond motifs is 1. The number of rotatable bonds is 6. The fourth-order valence-electron chi connectivity index (χ4n) is 3.22. The first-order valence-corrected chi connectivity index (χ1v) is 9.31. The van der Waals surface area contributed by atoms with Crippen LogP contribution < -0.4 is 10.5 Å². The van der Waals surface area contributed by atoms with Gasteiger partial charge in [-0.15, -0.1) is 11.3 Å². The SMILES string of the molecule is COCC1C(NS(=O)(=O)c2cc(C(N)=O)cs2)C2CCOC21. The lowest BCUT2D eigenvalue weighted by molar-refractivity contribution is -0.0775. The van der Waals surface area contributed by atoms with Crippen LogP contribution in [0.25, 0.3) is 0 Å². The fourth-order valence-corrected chi connectivity index (χ4v) is 5.74. The molecule has 3 N–H and O–H groups in total. The van der Waals surface area contributed by atoms with Crippen molar-refractivity contribution in [3.8, 4) is 0 Å². The van der Waals surface area contributed by atoms with Gasteiger partial charge in [0.1, 0.15) is 4.21 Å². The number of ether oxygens (including phenoxy) is 2. The van der Waals surface area contributed by atoms with Crippen LogP contribution >= 0.6 is 11.3 Å². The number of nitrogens with one attached hydrogen (secondary N) is 1. The zero-order chi connectivity index (χ0) is 15.9. The number of carbonyl (C=O) groups is 1. The molecule has 9 heteroatoms. The van der Waals surface area contributed by atoms with Crippen LogP contribution in [0.3, 0.4) is 0 Å². The van der Waals surface area contributed by atoms with Crippen LogP contribution in [-0.2, 0) is 19.5 Å². The van der Waals surface area contributed by atoms with Crippen molar-refractivity contribution in [1.29, 1.82) is 0 Å². The topological polar surface area (TPSA) is 108 Å². The van der Waals surface area contributed by atoms with Gasteiger partial charge in [-0.05, 0) is 12.5 Å². The van der Waals surface area contributed by atoms with Crippen LogP contribution in [-0.4, -0.2) is 46.8 Å². The first kappa shape index (κ1) is 15.9. The van der Waals surface area contributed by atoms with Gasteiger partial charge < -0.3 is 15.2 Å². The Kier molecular flexibility index (Phi) is 4.25. The van der Waals surface area contributed by atoms with Gasteiger partial charge in [-0.1, -0.05) is 0 Å². The van der Waals surface area contributed by atoms with Gasteiger partial charge in [-0.25, -0.2) is 13.1 Å². The largest absolute Gasteiger partial charge is 0.384 e. The van der Waals surface area contributed by atoms with Gasteiger partial charge in [0, 0.05) is 37.0 Å². The Hall–Kier alpha value is -1.00. The quantitative estimate of drug-likeness (QED) is 0.764. The maximum atomic E-state index is 12.5. The number of carbonyl (C=O) groups excluding carboxylic acids is 1. The van der Waals surface area contributed by atoms with Crippen molar-refractivity contribution in [3.05, 3.63) is 17.0 Å². The minimum Gasteiger partial charge on any atom is -0.384 e. The average Bonchev–Trinajstić information content (AvgIpc) is 3.10. The molecule has 2 aliphatic rings. The Balaban J connectivity index is 1.76. The molecule has 4 unspecified atom stereocenters. The Morgan fingerprint density at radius 3 is 3.00 bits per heavy atom. The Bertz CT molecular complexity index is 672. The van der Waals surface area contributed by atoms with Gasteiger partial charge in [-0.2, -0.15) is 0 Å². The Labute approximate surface area is 132 Å². The highest BCUT2D eigenvalue weighted by molar-refractivity contribution is 7.91. The van der Waals surface area contributed by atoms with E-state index in [1.807, 2.05) is 0 Å². The molecule has 1 aliphatic carbocycles. The second-order valence-electron chi connectivity index (χ2n) is 5.57. The smallest absolute Gasteiger partial charge is 0.250 e. The van der Waals surface area contributed by atoms with Crippen LogP contribution in [0.1, 0.15) is 16.8 Å². The number of hydrogen-bond donors (Lipinski definition) is 2. The fraction of sp³-hybridized carbons (Fsp3) is 0.615. The van der Waals surface area contributed by atoms with E-state index in [9.17, 15) is 13.2 Å².